The van der Waals surface area contributed by atoms with Crippen LogP contribution >= 0.6 is 11.5 Å². The molecule has 1 heterocycles. The molecule has 29 heavy (non-hydrogen) atoms. The number of halogens is 2. The third-order valence-corrected chi connectivity index (χ3v) is 4.51. The molecule has 150 valence electrons. The molecule has 0 bridgehead atoms. The van der Waals surface area contributed by atoms with Gasteiger partial charge in [0.2, 0.25) is 5.88 Å². The second kappa shape index (κ2) is 8.65. The van der Waals surface area contributed by atoms with Crippen molar-refractivity contribution in [2.75, 3.05) is 5.32 Å². The Bertz CT molecular complexity index is 1060. The number of anilines is 1. The first-order valence-electron chi connectivity index (χ1n) is 8.26. The maximum atomic E-state index is 13.9. The molecule has 0 saturated carbocycles. The zero-order chi connectivity index (χ0) is 21.0. The first kappa shape index (κ1) is 20.2. The molecule has 0 fully saturated rings. The maximum absolute atomic E-state index is 13.9. The Kier molecular flexibility index (Phi) is 6.03. The SMILES string of the molecule is Cc1cc(F)c(COc2nsc(NC(=O)Oc3ccccc3)c2C(N)=O)cc1F. The smallest absolute Gasteiger partial charge is 0.417 e. The third-order valence-electron chi connectivity index (χ3n) is 3.77. The molecule has 10 heteroatoms. The van der Waals surface area contributed by atoms with Crippen molar-refractivity contribution in [2.45, 2.75) is 13.5 Å². The molecule has 3 aromatic rings. The molecule has 1 aromatic heterocycles. The lowest BCUT2D eigenvalue weighted by Crippen LogP contribution is -2.20. The van der Waals surface area contributed by atoms with E-state index in [-0.39, 0.29) is 34.2 Å². The van der Waals surface area contributed by atoms with Gasteiger partial charge in [0.15, 0.2) is 0 Å². The summed E-state index contributed by atoms with van der Waals surface area (Å²) in [5.74, 6) is -2.09. The summed E-state index contributed by atoms with van der Waals surface area (Å²) in [7, 11) is 0. The fourth-order valence-electron chi connectivity index (χ4n) is 2.33. The zero-order valence-corrected chi connectivity index (χ0v) is 15.9. The van der Waals surface area contributed by atoms with Crippen LogP contribution < -0.4 is 20.5 Å². The number of carbonyl (C=O) groups is 2. The highest BCUT2D eigenvalue weighted by Gasteiger charge is 2.23. The second-order valence-electron chi connectivity index (χ2n) is 5.87. The molecule has 3 rings (SSSR count). The molecular formula is C19H15F2N3O4S. The molecule has 0 unspecified atom stereocenters. The van der Waals surface area contributed by atoms with Crippen LogP contribution in [0.25, 0.3) is 0 Å². The van der Waals surface area contributed by atoms with Crippen LogP contribution in [0.3, 0.4) is 0 Å². The molecule has 7 nitrogen and oxygen atoms in total. The van der Waals surface area contributed by atoms with Crippen molar-refractivity contribution < 1.29 is 27.8 Å². The van der Waals surface area contributed by atoms with E-state index in [9.17, 15) is 18.4 Å². The van der Waals surface area contributed by atoms with Crippen LogP contribution in [0.15, 0.2) is 42.5 Å². The fourth-order valence-corrected chi connectivity index (χ4v) is 3.06. The number of nitrogens with zero attached hydrogens (tertiary/aromatic N) is 1. The summed E-state index contributed by atoms with van der Waals surface area (Å²) < 4.78 is 41.9. The predicted molar refractivity (Wildman–Crippen MR) is 102 cm³/mol. The second-order valence-corrected chi connectivity index (χ2v) is 6.64. The minimum Gasteiger partial charge on any atom is -0.471 e. The van der Waals surface area contributed by atoms with Crippen LogP contribution in [0.1, 0.15) is 21.5 Å². The number of hydrogen-bond donors (Lipinski definition) is 2. The van der Waals surface area contributed by atoms with Crippen LogP contribution in [0.4, 0.5) is 18.6 Å². The summed E-state index contributed by atoms with van der Waals surface area (Å²) in [6.07, 6.45) is -0.861. The van der Waals surface area contributed by atoms with Crippen molar-refractivity contribution in [1.82, 2.24) is 4.37 Å². The van der Waals surface area contributed by atoms with Crippen molar-refractivity contribution in [2.24, 2.45) is 5.73 Å². The molecule has 0 aliphatic rings. The normalized spacial score (nSPS) is 10.4. The molecular weight excluding hydrogens is 404 g/mol. The average molecular weight is 419 g/mol. The Morgan fingerprint density at radius 2 is 1.90 bits per heavy atom. The highest BCUT2D eigenvalue weighted by molar-refractivity contribution is 7.11. The number of hydrogen-bond acceptors (Lipinski definition) is 6. The van der Waals surface area contributed by atoms with Gasteiger partial charge >= 0.3 is 6.09 Å². The number of amides is 2. The monoisotopic (exact) mass is 419 g/mol. The van der Waals surface area contributed by atoms with E-state index in [1.54, 1.807) is 30.3 Å². The molecule has 3 N–H and O–H groups in total. The number of benzene rings is 2. The van der Waals surface area contributed by atoms with Gasteiger partial charge in [-0.2, -0.15) is 4.37 Å². The number of carbonyl (C=O) groups excluding carboxylic acids is 2. The summed E-state index contributed by atoms with van der Waals surface area (Å²) in [6.45, 7) is 1.04. The first-order valence-corrected chi connectivity index (χ1v) is 9.03. The molecule has 0 aliphatic carbocycles. The largest absolute Gasteiger partial charge is 0.471 e. The Labute approximate surface area is 168 Å². The average Bonchev–Trinajstić information content (AvgIpc) is 3.07. The fraction of sp³-hybridized carbons (Fsp3) is 0.105. The lowest BCUT2D eigenvalue weighted by atomic mass is 10.1. The van der Waals surface area contributed by atoms with E-state index in [0.29, 0.717) is 5.75 Å². The van der Waals surface area contributed by atoms with E-state index in [4.69, 9.17) is 15.2 Å². The van der Waals surface area contributed by atoms with Gasteiger partial charge in [0.1, 0.15) is 34.6 Å². The number of aryl methyl sites for hydroxylation is 1. The topological polar surface area (TPSA) is 104 Å². The van der Waals surface area contributed by atoms with E-state index in [1.807, 2.05) is 0 Å². The van der Waals surface area contributed by atoms with Gasteiger partial charge in [-0.05, 0) is 48.3 Å². The lowest BCUT2D eigenvalue weighted by Gasteiger charge is -2.08. The van der Waals surface area contributed by atoms with E-state index in [0.717, 1.165) is 23.7 Å². The highest BCUT2D eigenvalue weighted by atomic mass is 32.1. The summed E-state index contributed by atoms with van der Waals surface area (Å²) in [5.41, 5.74) is 5.24. The summed E-state index contributed by atoms with van der Waals surface area (Å²) in [5, 5.41) is 2.37. The predicted octanol–water partition coefficient (Wildman–Crippen LogP) is 4.02. The van der Waals surface area contributed by atoms with Crippen molar-refractivity contribution in [3.63, 3.8) is 0 Å². The van der Waals surface area contributed by atoms with Gasteiger partial charge in [0.25, 0.3) is 5.91 Å². The van der Waals surface area contributed by atoms with E-state index in [1.165, 1.54) is 6.92 Å². The van der Waals surface area contributed by atoms with Gasteiger partial charge in [-0.25, -0.2) is 13.6 Å². The minimum absolute atomic E-state index is 0.00369. The first-order chi connectivity index (χ1) is 13.8. The van der Waals surface area contributed by atoms with Crippen molar-refractivity contribution in [1.29, 1.82) is 0 Å². The molecule has 2 amide bonds. The Hall–Kier alpha value is -3.53. The van der Waals surface area contributed by atoms with E-state index in [2.05, 4.69) is 9.69 Å². The Morgan fingerprint density at radius 3 is 2.59 bits per heavy atom. The number of rotatable bonds is 6. The lowest BCUT2D eigenvalue weighted by molar-refractivity contribution is 0.0996. The third kappa shape index (κ3) is 4.85. The minimum atomic E-state index is -0.917. The van der Waals surface area contributed by atoms with E-state index >= 15 is 0 Å². The highest BCUT2D eigenvalue weighted by Crippen LogP contribution is 2.31. The van der Waals surface area contributed by atoms with Crippen molar-refractivity contribution in [3.05, 3.63) is 70.8 Å². The van der Waals surface area contributed by atoms with Crippen LogP contribution in [-0.4, -0.2) is 16.4 Å². The zero-order valence-electron chi connectivity index (χ0n) is 15.1. The van der Waals surface area contributed by atoms with Crippen LogP contribution in [0.2, 0.25) is 0 Å². The van der Waals surface area contributed by atoms with Crippen LogP contribution in [0.5, 0.6) is 11.6 Å². The summed E-state index contributed by atoms with van der Waals surface area (Å²) in [6, 6.07) is 10.3. The van der Waals surface area contributed by atoms with Gasteiger partial charge in [-0.15, -0.1) is 0 Å². The number of para-hydroxylation sites is 1. The van der Waals surface area contributed by atoms with Crippen molar-refractivity contribution in [3.8, 4) is 11.6 Å². The standard InChI is InChI=1S/C19H15F2N3O4S/c1-10-7-14(21)11(8-13(10)20)9-27-17-15(16(22)25)18(29-24-17)23-19(26)28-12-5-3-2-4-6-12/h2-8H,9H2,1H3,(H2,22,25)(H,23,26). The molecule has 2 aromatic carbocycles. The number of nitrogens with one attached hydrogen (secondary N) is 1. The molecule has 0 saturated heterocycles. The maximum Gasteiger partial charge on any atom is 0.417 e. The van der Waals surface area contributed by atoms with Crippen molar-refractivity contribution >= 4 is 28.5 Å². The summed E-state index contributed by atoms with van der Waals surface area (Å²) >= 11 is 0.733. The Morgan fingerprint density at radius 1 is 1.17 bits per heavy atom. The number of ether oxygens (including phenoxy) is 2. The Balaban J connectivity index is 1.74. The van der Waals surface area contributed by atoms with E-state index < -0.39 is 23.6 Å². The van der Waals surface area contributed by atoms with Crippen LogP contribution in [0, 0.1) is 18.6 Å². The number of primary amides is 1. The van der Waals surface area contributed by atoms with Gasteiger partial charge < -0.3 is 15.2 Å². The van der Waals surface area contributed by atoms with Gasteiger partial charge in [-0.1, -0.05) is 18.2 Å². The van der Waals surface area contributed by atoms with Gasteiger partial charge in [-0.3, -0.25) is 10.1 Å². The number of aromatic nitrogens is 1. The van der Waals surface area contributed by atoms with Crippen LogP contribution in [-0.2, 0) is 6.61 Å². The summed E-state index contributed by atoms with van der Waals surface area (Å²) in [4.78, 5) is 23.8. The molecule has 0 spiro atoms. The quantitative estimate of drug-likeness (QED) is 0.628. The molecule has 0 atom stereocenters. The number of nitrogens with two attached hydrogens (primary N) is 1. The van der Waals surface area contributed by atoms with Gasteiger partial charge in [0.05, 0.1) is 0 Å². The molecule has 0 radical (unpaired) electrons. The van der Waals surface area contributed by atoms with Gasteiger partial charge in [0, 0.05) is 5.56 Å². The molecule has 0 aliphatic heterocycles.